The molecule has 2 heterocycles. The topological polar surface area (TPSA) is 91.6 Å². The molecule has 1 saturated heterocycles. The Hall–Kier alpha value is -4.20. The Morgan fingerprint density at radius 1 is 1.00 bits per heavy atom. The summed E-state index contributed by atoms with van der Waals surface area (Å²) in [6.07, 6.45) is 1.40. The lowest BCUT2D eigenvalue weighted by molar-refractivity contribution is -0.122. The molecule has 1 aromatic heterocycles. The second-order valence-electron chi connectivity index (χ2n) is 7.08. The molecule has 0 spiro atoms. The van der Waals surface area contributed by atoms with Gasteiger partial charge in [-0.25, -0.2) is 14.1 Å². The van der Waals surface area contributed by atoms with Crippen molar-refractivity contribution < 1.29 is 23.9 Å². The van der Waals surface area contributed by atoms with Crippen molar-refractivity contribution in [1.29, 1.82) is 0 Å². The van der Waals surface area contributed by atoms with Gasteiger partial charge in [0.25, 0.3) is 11.8 Å². The van der Waals surface area contributed by atoms with Crippen LogP contribution in [0, 0.1) is 19.7 Å². The molecule has 3 aromatic rings. The largest absolute Gasteiger partial charge is 0.506 e. The number of benzene rings is 2. The van der Waals surface area contributed by atoms with Gasteiger partial charge >= 0.3 is 6.03 Å². The maximum atomic E-state index is 13.2. The van der Waals surface area contributed by atoms with Crippen molar-refractivity contribution in [3.8, 4) is 11.4 Å². The molecule has 2 aromatic carbocycles. The number of halogens is 1. The van der Waals surface area contributed by atoms with E-state index in [0.717, 1.165) is 22.7 Å². The Kier molecular flexibility index (Phi) is 4.90. The molecular formula is C23H18FN3O4. The van der Waals surface area contributed by atoms with Gasteiger partial charge < -0.3 is 9.67 Å². The van der Waals surface area contributed by atoms with E-state index in [9.17, 15) is 23.9 Å². The molecule has 7 nitrogen and oxygen atoms in total. The number of rotatable bonds is 3. The van der Waals surface area contributed by atoms with Gasteiger partial charge in [-0.3, -0.25) is 14.9 Å². The number of aromatic hydroxyl groups is 1. The van der Waals surface area contributed by atoms with Gasteiger partial charge in [0.1, 0.15) is 17.1 Å². The maximum absolute atomic E-state index is 13.2. The van der Waals surface area contributed by atoms with Crippen LogP contribution in [0.3, 0.4) is 0 Å². The fourth-order valence-electron chi connectivity index (χ4n) is 3.60. The summed E-state index contributed by atoms with van der Waals surface area (Å²) in [5.74, 6) is -2.06. The van der Waals surface area contributed by atoms with Crippen LogP contribution in [-0.4, -0.2) is 27.5 Å². The van der Waals surface area contributed by atoms with E-state index in [1.807, 2.05) is 6.92 Å². The summed E-state index contributed by atoms with van der Waals surface area (Å²) in [6.45, 7) is 3.62. The predicted molar refractivity (Wildman–Crippen MR) is 112 cm³/mol. The van der Waals surface area contributed by atoms with Crippen LogP contribution in [0.4, 0.5) is 14.9 Å². The highest BCUT2D eigenvalue weighted by Gasteiger charge is 2.37. The Balaban J connectivity index is 1.77. The van der Waals surface area contributed by atoms with Gasteiger partial charge in [-0.2, -0.15) is 0 Å². The lowest BCUT2D eigenvalue weighted by Crippen LogP contribution is -2.54. The summed E-state index contributed by atoms with van der Waals surface area (Å²) < 4.78 is 15.0. The zero-order valence-corrected chi connectivity index (χ0v) is 16.7. The lowest BCUT2D eigenvalue weighted by atomic mass is 10.1. The number of hydrogen-bond donors (Lipinski definition) is 2. The quantitative estimate of drug-likeness (QED) is 0.501. The predicted octanol–water partition coefficient (Wildman–Crippen LogP) is 3.61. The number of nitrogens with one attached hydrogen (secondary N) is 1. The number of barbiturate groups is 1. The van der Waals surface area contributed by atoms with Crippen molar-refractivity contribution in [3.63, 3.8) is 0 Å². The molecule has 0 aliphatic carbocycles. The molecule has 1 aliphatic heterocycles. The van der Waals surface area contributed by atoms with Crippen LogP contribution in [0.1, 0.15) is 17.0 Å². The Morgan fingerprint density at radius 2 is 1.68 bits per heavy atom. The van der Waals surface area contributed by atoms with E-state index < -0.39 is 23.7 Å². The van der Waals surface area contributed by atoms with E-state index in [4.69, 9.17) is 0 Å². The lowest BCUT2D eigenvalue weighted by Gasteiger charge is -2.26. The molecule has 4 amide bonds. The summed E-state index contributed by atoms with van der Waals surface area (Å²) in [5.41, 5.74) is 2.51. The van der Waals surface area contributed by atoms with Gasteiger partial charge in [0.05, 0.1) is 11.4 Å². The van der Waals surface area contributed by atoms with Crippen LogP contribution in [-0.2, 0) is 9.59 Å². The smallest absolute Gasteiger partial charge is 0.335 e. The molecule has 8 heteroatoms. The fraction of sp³-hybridized carbons (Fsp3) is 0.0870. The van der Waals surface area contributed by atoms with Crippen LogP contribution in [0.15, 0.2) is 60.2 Å². The number of hydrogen-bond acceptors (Lipinski definition) is 4. The first-order chi connectivity index (χ1) is 14.8. The maximum Gasteiger partial charge on any atom is 0.335 e. The SMILES string of the molecule is Cc1cc(/C=C2/C(=O)NC(=O)N(c3ccc(F)cc3)C2=O)c(C)n1-c1ccccc1O. The number of aryl methyl sites for hydroxylation is 1. The van der Waals surface area contributed by atoms with E-state index in [0.29, 0.717) is 16.9 Å². The van der Waals surface area contributed by atoms with E-state index in [-0.39, 0.29) is 17.0 Å². The van der Waals surface area contributed by atoms with Gasteiger partial charge in [-0.1, -0.05) is 12.1 Å². The molecule has 0 bridgehead atoms. The number of carbonyl (C=O) groups is 3. The minimum Gasteiger partial charge on any atom is -0.506 e. The van der Waals surface area contributed by atoms with Crippen molar-refractivity contribution in [2.45, 2.75) is 13.8 Å². The first kappa shape index (κ1) is 20.1. The summed E-state index contributed by atoms with van der Waals surface area (Å²) in [7, 11) is 0. The van der Waals surface area contributed by atoms with E-state index in [1.54, 1.807) is 41.8 Å². The third-order valence-electron chi connectivity index (χ3n) is 5.08. The monoisotopic (exact) mass is 419 g/mol. The molecule has 0 saturated carbocycles. The number of carbonyl (C=O) groups excluding carboxylic acids is 3. The van der Waals surface area contributed by atoms with Gasteiger partial charge in [-0.05, 0) is 68.0 Å². The fourth-order valence-corrected chi connectivity index (χ4v) is 3.60. The summed E-state index contributed by atoms with van der Waals surface area (Å²) in [6, 6.07) is 12.5. The second-order valence-corrected chi connectivity index (χ2v) is 7.08. The van der Waals surface area contributed by atoms with Crippen LogP contribution in [0.2, 0.25) is 0 Å². The van der Waals surface area contributed by atoms with Crippen molar-refractivity contribution in [1.82, 2.24) is 9.88 Å². The first-order valence-electron chi connectivity index (χ1n) is 9.42. The van der Waals surface area contributed by atoms with Crippen LogP contribution < -0.4 is 10.2 Å². The highest BCUT2D eigenvalue weighted by atomic mass is 19.1. The highest BCUT2D eigenvalue weighted by molar-refractivity contribution is 6.39. The van der Waals surface area contributed by atoms with Crippen molar-refractivity contribution in [2.75, 3.05) is 4.90 Å². The minimum absolute atomic E-state index is 0.0862. The average Bonchev–Trinajstić information content (AvgIpc) is 3.00. The third kappa shape index (κ3) is 3.48. The second kappa shape index (κ2) is 7.56. The molecule has 156 valence electrons. The molecule has 0 atom stereocenters. The molecule has 0 radical (unpaired) electrons. The van der Waals surface area contributed by atoms with Crippen molar-refractivity contribution >= 4 is 29.6 Å². The first-order valence-corrected chi connectivity index (χ1v) is 9.42. The third-order valence-corrected chi connectivity index (χ3v) is 5.08. The Morgan fingerprint density at radius 3 is 2.35 bits per heavy atom. The standard InChI is InChI=1S/C23H18FN3O4/c1-13-11-15(14(2)26(13)19-5-3-4-6-20(19)28)12-18-21(29)25-23(31)27(22(18)30)17-9-7-16(24)8-10-17/h3-12,28H,1-2H3,(H,25,29,31)/b18-12-. The van der Waals surface area contributed by atoms with Gasteiger partial charge in [0, 0.05) is 11.4 Å². The number of aromatic nitrogens is 1. The summed E-state index contributed by atoms with van der Waals surface area (Å²) >= 11 is 0. The summed E-state index contributed by atoms with van der Waals surface area (Å²) in [5, 5.41) is 12.4. The minimum atomic E-state index is -0.904. The van der Waals surface area contributed by atoms with Gasteiger partial charge in [0.2, 0.25) is 0 Å². The number of anilines is 1. The molecule has 1 aliphatic rings. The number of phenolic OH excluding ortho intramolecular Hbond substituents is 1. The molecule has 1 fully saturated rings. The molecule has 4 rings (SSSR count). The van der Waals surface area contributed by atoms with Crippen LogP contribution >= 0.6 is 0 Å². The molecule has 31 heavy (non-hydrogen) atoms. The number of nitrogens with zero attached hydrogens (tertiary/aromatic N) is 2. The Labute approximate surface area is 177 Å². The van der Waals surface area contributed by atoms with Crippen molar-refractivity contribution in [3.05, 3.63) is 82.9 Å². The molecular weight excluding hydrogens is 401 g/mol. The highest BCUT2D eigenvalue weighted by Crippen LogP contribution is 2.29. The number of amides is 4. The normalized spacial score (nSPS) is 15.5. The summed E-state index contributed by atoms with van der Waals surface area (Å²) in [4.78, 5) is 38.5. The number of urea groups is 1. The Bertz CT molecular complexity index is 1260. The van der Waals surface area contributed by atoms with Gasteiger partial charge in [-0.15, -0.1) is 0 Å². The number of phenols is 1. The zero-order valence-electron chi connectivity index (χ0n) is 16.7. The van der Waals surface area contributed by atoms with E-state index in [1.165, 1.54) is 18.2 Å². The van der Waals surface area contributed by atoms with Crippen LogP contribution in [0.25, 0.3) is 11.8 Å². The molecule has 2 N–H and O–H groups in total. The number of imide groups is 2. The van der Waals surface area contributed by atoms with Crippen molar-refractivity contribution in [2.24, 2.45) is 0 Å². The zero-order chi connectivity index (χ0) is 22.3. The van der Waals surface area contributed by atoms with Gasteiger partial charge in [0.15, 0.2) is 0 Å². The average molecular weight is 419 g/mol. The van der Waals surface area contributed by atoms with E-state index in [2.05, 4.69) is 5.32 Å². The van der Waals surface area contributed by atoms with Crippen LogP contribution in [0.5, 0.6) is 5.75 Å². The van der Waals surface area contributed by atoms with E-state index >= 15 is 0 Å². The molecule has 0 unspecified atom stereocenters. The number of para-hydroxylation sites is 2.